The zero-order valence-electron chi connectivity index (χ0n) is 18.9. The van der Waals surface area contributed by atoms with Gasteiger partial charge in [0.1, 0.15) is 4.90 Å². The zero-order chi connectivity index (χ0) is 25.5. The molecule has 184 valence electrons. The molecule has 3 aromatic rings. The van der Waals surface area contributed by atoms with Gasteiger partial charge in [0, 0.05) is 25.6 Å². The summed E-state index contributed by atoms with van der Waals surface area (Å²) in [6.45, 7) is 2.62. The molecule has 0 heterocycles. The number of halogens is 4. The summed E-state index contributed by atoms with van der Waals surface area (Å²) in [7, 11) is -4.20. The number of hydrogen-bond acceptors (Lipinski definition) is 3. The number of hydrogen-bond donors (Lipinski definition) is 2. The van der Waals surface area contributed by atoms with Crippen molar-refractivity contribution in [1.29, 1.82) is 0 Å². The van der Waals surface area contributed by atoms with Gasteiger partial charge in [-0.2, -0.15) is 13.2 Å². The molecular formula is C26H24ClF3N2O2S. The van der Waals surface area contributed by atoms with Gasteiger partial charge in [0.25, 0.3) is 0 Å². The second-order valence-corrected chi connectivity index (χ2v) is 9.86. The topological polar surface area (TPSA) is 58.2 Å². The van der Waals surface area contributed by atoms with E-state index in [1.165, 1.54) is 16.3 Å². The van der Waals surface area contributed by atoms with Crippen molar-refractivity contribution in [3.63, 3.8) is 0 Å². The minimum Gasteiger partial charge on any atom is -0.307 e. The lowest BCUT2D eigenvalue weighted by atomic mass is 10.00. The highest BCUT2D eigenvalue weighted by molar-refractivity contribution is 7.89. The second kappa shape index (κ2) is 11.7. The highest BCUT2D eigenvalue weighted by atomic mass is 35.5. The van der Waals surface area contributed by atoms with Crippen molar-refractivity contribution in [2.24, 2.45) is 0 Å². The van der Waals surface area contributed by atoms with Crippen molar-refractivity contribution in [3.05, 3.63) is 89.0 Å². The second-order valence-electron chi connectivity index (χ2n) is 7.71. The molecule has 0 amide bonds. The lowest BCUT2D eigenvalue weighted by molar-refractivity contribution is -0.137. The molecule has 0 fully saturated rings. The van der Waals surface area contributed by atoms with Gasteiger partial charge >= 0.3 is 6.18 Å². The molecule has 3 rings (SSSR count). The fourth-order valence-electron chi connectivity index (χ4n) is 3.44. The maximum atomic E-state index is 12.9. The molecule has 0 radical (unpaired) electrons. The van der Waals surface area contributed by atoms with E-state index < -0.39 is 26.7 Å². The fourth-order valence-corrected chi connectivity index (χ4v) is 5.00. The number of alkyl halides is 3. The molecule has 0 saturated carbocycles. The molecule has 0 aliphatic heterocycles. The fraction of sp³-hybridized carbons (Fsp3) is 0.231. The van der Waals surface area contributed by atoms with E-state index in [2.05, 4.69) is 53.1 Å². The van der Waals surface area contributed by atoms with E-state index in [1.54, 1.807) is 6.08 Å². The van der Waals surface area contributed by atoms with Crippen molar-refractivity contribution in [1.82, 2.24) is 10.0 Å². The maximum absolute atomic E-state index is 12.9. The molecule has 2 N–H and O–H groups in total. The Balaban J connectivity index is 1.47. The van der Waals surface area contributed by atoms with Crippen molar-refractivity contribution >= 4 is 32.4 Å². The van der Waals surface area contributed by atoms with Gasteiger partial charge in [-0.05, 0) is 47.5 Å². The van der Waals surface area contributed by atoms with Crippen LogP contribution in [0.25, 0.3) is 10.8 Å². The normalized spacial score (nSPS) is 13.1. The van der Waals surface area contributed by atoms with Crippen molar-refractivity contribution in [3.8, 4) is 11.8 Å². The largest absolute Gasteiger partial charge is 0.416 e. The molecule has 0 bridgehead atoms. The molecular weight excluding hydrogens is 497 g/mol. The third-order valence-corrected chi connectivity index (χ3v) is 7.17. The molecule has 3 aromatic carbocycles. The molecule has 0 aromatic heterocycles. The minimum atomic E-state index is -4.67. The van der Waals surface area contributed by atoms with E-state index >= 15 is 0 Å². The van der Waals surface area contributed by atoms with Crippen LogP contribution in [-0.2, 0) is 16.2 Å². The maximum Gasteiger partial charge on any atom is 0.416 e. The Hall–Kier alpha value is -2.83. The van der Waals surface area contributed by atoms with Gasteiger partial charge in [0.05, 0.1) is 10.6 Å². The van der Waals surface area contributed by atoms with Crippen LogP contribution >= 0.6 is 11.6 Å². The van der Waals surface area contributed by atoms with Crippen LogP contribution in [0.4, 0.5) is 13.2 Å². The Bertz CT molecular complexity index is 1370. The predicted molar refractivity (Wildman–Crippen MR) is 134 cm³/mol. The van der Waals surface area contributed by atoms with Gasteiger partial charge in [-0.25, -0.2) is 13.1 Å². The quantitative estimate of drug-likeness (QED) is 0.279. The number of allylic oxidation sites excluding steroid dienone is 1. The average Bonchev–Trinajstić information content (AvgIpc) is 2.81. The summed E-state index contributed by atoms with van der Waals surface area (Å²) in [5, 5.41) is 5.51. The third kappa shape index (κ3) is 7.33. The van der Waals surface area contributed by atoms with Crippen molar-refractivity contribution < 1.29 is 21.6 Å². The molecule has 0 unspecified atom stereocenters. The summed E-state index contributed by atoms with van der Waals surface area (Å²) in [6.07, 6.45) is -0.962. The van der Waals surface area contributed by atoms with E-state index in [9.17, 15) is 21.6 Å². The third-order valence-electron chi connectivity index (χ3n) is 5.23. The molecule has 4 nitrogen and oxygen atoms in total. The summed E-state index contributed by atoms with van der Waals surface area (Å²) in [6, 6.07) is 16.7. The molecule has 0 aliphatic carbocycles. The van der Waals surface area contributed by atoms with Crippen molar-refractivity contribution in [2.45, 2.75) is 30.5 Å². The van der Waals surface area contributed by atoms with Crippen LogP contribution in [0, 0.1) is 11.8 Å². The first-order chi connectivity index (χ1) is 16.6. The van der Waals surface area contributed by atoms with Crippen LogP contribution in [0.2, 0.25) is 5.02 Å². The highest BCUT2D eigenvalue weighted by Crippen LogP contribution is 2.33. The van der Waals surface area contributed by atoms with E-state index in [4.69, 9.17) is 11.6 Å². The summed E-state index contributed by atoms with van der Waals surface area (Å²) in [5.41, 5.74) is 0.117. The molecule has 0 aliphatic rings. The number of sulfonamides is 1. The van der Waals surface area contributed by atoms with Gasteiger partial charge in [-0.3, -0.25) is 0 Å². The Labute approximate surface area is 208 Å². The van der Waals surface area contributed by atoms with Gasteiger partial charge < -0.3 is 5.32 Å². The summed E-state index contributed by atoms with van der Waals surface area (Å²) < 4.78 is 65.5. The Morgan fingerprint density at radius 1 is 1.09 bits per heavy atom. The standard InChI is InChI=1S/C26H24ClF3N2O2S/c1-19(22-13-9-11-20-10-5-6-12-23(20)22)31-16-7-3-2-4-8-17-32-35(33,34)25-18-21(26(28,29)30)14-15-24(25)27/h3,5-7,9-15,18-19,31-32H,8,16-17H2,1H3/b7-3+/t19-/m1/s1. The van der Waals surface area contributed by atoms with Gasteiger partial charge in [0.15, 0.2) is 0 Å². The molecule has 35 heavy (non-hydrogen) atoms. The summed E-state index contributed by atoms with van der Waals surface area (Å²) in [4.78, 5) is -0.617. The average molecular weight is 521 g/mol. The van der Waals surface area contributed by atoms with E-state index in [0.717, 1.165) is 12.1 Å². The van der Waals surface area contributed by atoms with Crippen LogP contribution in [0.1, 0.15) is 30.5 Å². The molecule has 0 spiro atoms. The molecule has 0 saturated heterocycles. The Kier molecular flexibility index (Phi) is 8.98. The van der Waals surface area contributed by atoms with Gasteiger partial charge in [-0.1, -0.05) is 72.0 Å². The van der Waals surface area contributed by atoms with E-state index in [0.29, 0.717) is 12.6 Å². The first-order valence-corrected chi connectivity index (χ1v) is 12.7. The minimum absolute atomic E-state index is 0.0634. The smallest absolute Gasteiger partial charge is 0.307 e. The van der Waals surface area contributed by atoms with Crippen LogP contribution in [0.5, 0.6) is 0 Å². The van der Waals surface area contributed by atoms with E-state index in [-0.39, 0.29) is 24.0 Å². The number of rotatable bonds is 8. The van der Waals surface area contributed by atoms with Crippen LogP contribution in [0.3, 0.4) is 0 Å². The first kappa shape index (κ1) is 26.8. The van der Waals surface area contributed by atoms with Crippen LogP contribution in [0.15, 0.2) is 77.7 Å². The van der Waals surface area contributed by atoms with Gasteiger partial charge in [0.2, 0.25) is 10.0 Å². The van der Waals surface area contributed by atoms with Crippen LogP contribution in [-0.4, -0.2) is 21.5 Å². The van der Waals surface area contributed by atoms with E-state index in [1.807, 2.05) is 24.3 Å². The highest BCUT2D eigenvalue weighted by Gasteiger charge is 2.32. The van der Waals surface area contributed by atoms with Crippen LogP contribution < -0.4 is 10.0 Å². The summed E-state index contributed by atoms with van der Waals surface area (Å²) in [5.74, 6) is 5.61. The number of nitrogens with one attached hydrogen (secondary N) is 2. The summed E-state index contributed by atoms with van der Waals surface area (Å²) >= 11 is 5.80. The molecule has 9 heteroatoms. The number of fused-ring (bicyclic) bond motifs is 1. The zero-order valence-corrected chi connectivity index (χ0v) is 20.4. The monoisotopic (exact) mass is 520 g/mol. The van der Waals surface area contributed by atoms with Crippen molar-refractivity contribution in [2.75, 3.05) is 13.1 Å². The SMILES string of the molecule is C[C@@H](NC/C=C/C#CCCNS(=O)(=O)c1cc(C(F)(F)F)ccc1Cl)c1cccc2ccccc12. The Morgan fingerprint density at radius 2 is 1.83 bits per heavy atom. The lowest BCUT2D eigenvalue weighted by Gasteiger charge is -2.15. The van der Waals surface area contributed by atoms with Gasteiger partial charge in [-0.15, -0.1) is 0 Å². The Morgan fingerprint density at radius 3 is 2.60 bits per heavy atom. The predicted octanol–water partition coefficient (Wildman–Crippen LogP) is 6.09. The number of benzene rings is 3. The lowest BCUT2D eigenvalue weighted by Crippen LogP contribution is -2.25. The first-order valence-electron chi connectivity index (χ1n) is 10.8. The molecule has 1 atom stereocenters.